The Morgan fingerprint density at radius 2 is 1.32 bits per heavy atom. The summed E-state index contributed by atoms with van der Waals surface area (Å²) in [6.07, 6.45) is 0.168. The van der Waals surface area contributed by atoms with Gasteiger partial charge in [-0.2, -0.15) is 0 Å². The number of anilines is 2. The highest BCUT2D eigenvalue weighted by atomic mass is 16.3. The Balaban J connectivity index is 1.81. The van der Waals surface area contributed by atoms with E-state index in [1.165, 1.54) is 0 Å². The van der Waals surface area contributed by atoms with Gasteiger partial charge in [-0.25, -0.2) is 4.98 Å². The van der Waals surface area contributed by atoms with E-state index in [0.29, 0.717) is 11.4 Å². The van der Waals surface area contributed by atoms with Crippen molar-refractivity contribution in [2.75, 3.05) is 38.0 Å². The highest BCUT2D eigenvalue weighted by Crippen LogP contribution is 2.36. The standard InChI is InChI=1S/C31H36N4O2/c1-31(2,3)27(37)19-23-18-22(12-17-26(23)36)30-32-28(20-8-13-24(14-9-20)34(4)5)29(33-30)21-10-15-25(16-11-21)35(6)7/h8-18,36H,19H2,1-7H3,(H,32,33). The van der Waals surface area contributed by atoms with Gasteiger partial charge in [0.25, 0.3) is 0 Å². The van der Waals surface area contributed by atoms with E-state index in [0.717, 1.165) is 39.5 Å². The van der Waals surface area contributed by atoms with Crippen LogP contribution >= 0.6 is 0 Å². The molecule has 0 amide bonds. The van der Waals surface area contributed by atoms with Crippen molar-refractivity contribution in [3.8, 4) is 39.7 Å². The average Bonchev–Trinajstić information content (AvgIpc) is 3.30. The van der Waals surface area contributed by atoms with Gasteiger partial charge in [-0.1, -0.05) is 45.0 Å². The van der Waals surface area contributed by atoms with Crippen LogP contribution in [0.5, 0.6) is 5.75 Å². The molecule has 0 aliphatic rings. The molecule has 37 heavy (non-hydrogen) atoms. The molecule has 0 bridgehead atoms. The zero-order chi connectivity index (χ0) is 26.9. The van der Waals surface area contributed by atoms with Gasteiger partial charge < -0.3 is 19.9 Å². The minimum atomic E-state index is -0.481. The number of H-pyrrole nitrogens is 1. The van der Waals surface area contributed by atoms with Crippen molar-refractivity contribution in [3.63, 3.8) is 0 Å². The van der Waals surface area contributed by atoms with Crippen LogP contribution in [-0.2, 0) is 11.2 Å². The molecule has 2 N–H and O–H groups in total. The molecule has 6 heteroatoms. The Labute approximate surface area is 219 Å². The van der Waals surface area contributed by atoms with Crippen LogP contribution in [0.3, 0.4) is 0 Å². The third-order valence-corrected chi connectivity index (χ3v) is 6.57. The van der Waals surface area contributed by atoms with Crippen molar-refractivity contribution in [3.05, 3.63) is 72.3 Å². The second kappa shape index (κ2) is 10.1. The maximum absolute atomic E-state index is 12.7. The fourth-order valence-electron chi connectivity index (χ4n) is 4.08. The number of carbonyl (C=O) groups excluding carboxylic acids is 1. The second-order valence-electron chi connectivity index (χ2n) is 10.9. The number of imidazole rings is 1. The number of hydrogen-bond donors (Lipinski definition) is 2. The van der Waals surface area contributed by atoms with Gasteiger partial charge in [0, 0.05) is 73.7 Å². The van der Waals surface area contributed by atoms with Gasteiger partial charge >= 0.3 is 0 Å². The number of aromatic nitrogens is 2. The normalized spacial score (nSPS) is 11.4. The molecule has 0 saturated heterocycles. The summed E-state index contributed by atoms with van der Waals surface area (Å²) in [6.45, 7) is 5.68. The molecular weight excluding hydrogens is 460 g/mol. The number of ketones is 1. The van der Waals surface area contributed by atoms with Gasteiger partial charge in [0.05, 0.1) is 11.4 Å². The lowest BCUT2D eigenvalue weighted by Crippen LogP contribution is -2.22. The van der Waals surface area contributed by atoms with Crippen molar-refractivity contribution in [2.24, 2.45) is 5.41 Å². The summed E-state index contributed by atoms with van der Waals surface area (Å²) in [7, 11) is 8.08. The first kappa shape index (κ1) is 26.0. The molecule has 6 nitrogen and oxygen atoms in total. The summed E-state index contributed by atoms with van der Waals surface area (Å²) >= 11 is 0. The summed E-state index contributed by atoms with van der Waals surface area (Å²) in [6, 6.07) is 22.0. The summed E-state index contributed by atoms with van der Waals surface area (Å²) in [5.74, 6) is 0.873. The monoisotopic (exact) mass is 496 g/mol. The molecule has 3 aromatic carbocycles. The van der Waals surface area contributed by atoms with Crippen molar-refractivity contribution in [1.82, 2.24) is 9.97 Å². The zero-order valence-electron chi connectivity index (χ0n) is 22.8. The predicted molar refractivity (Wildman–Crippen MR) is 153 cm³/mol. The summed E-state index contributed by atoms with van der Waals surface area (Å²) in [4.78, 5) is 25.3. The summed E-state index contributed by atoms with van der Waals surface area (Å²) in [5.41, 5.74) is 6.95. The average molecular weight is 497 g/mol. The number of aromatic hydroxyl groups is 1. The molecule has 0 aliphatic carbocycles. The van der Waals surface area contributed by atoms with Gasteiger partial charge in [0.15, 0.2) is 0 Å². The van der Waals surface area contributed by atoms with E-state index in [1.54, 1.807) is 6.07 Å². The van der Waals surface area contributed by atoms with E-state index in [-0.39, 0.29) is 18.0 Å². The number of rotatable bonds is 7. The second-order valence-corrected chi connectivity index (χ2v) is 10.9. The van der Waals surface area contributed by atoms with Gasteiger partial charge in [0.1, 0.15) is 17.4 Å². The smallest absolute Gasteiger partial charge is 0.142 e. The number of benzene rings is 3. The number of hydrogen-bond acceptors (Lipinski definition) is 5. The van der Waals surface area contributed by atoms with E-state index in [4.69, 9.17) is 4.98 Å². The van der Waals surface area contributed by atoms with Crippen LogP contribution in [0.25, 0.3) is 33.9 Å². The molecule has 0 unspecified atom stereocenters. The molecular formula is C31H36N4O2. The zero-order valence-corrected chi connectivity index (χ0v) is 22.8. The fourth-order valence-corrected chi connectivity index (χ4v) is 4.08. The Kier molecular flexibility index (Phi) is 7.12. The van der Waals surface area contributed by atoms with Crippen LogP contribution in [0.15, 0.2) is 66.7 Å². The van der Waals surface area contributed by atoms with E-state index in [1.807, 2.05) is 61.1 Å². The maximum atomic E-state index is 12.7. The number of phenolic OH excluding ortho intramolecular Hbond substituents is 1. The van der Waals surface area contributed by atoms with Gasteiger partial charge in [-0.15, -0.1) is 0 Å². The van der Waals surface area contributed by atoms with E-state index < -0.39 is 5.41 Å². The van der Waals surface area contributed by atoms with Crippen molar-refractivity contribution < 1.29 is 9.90 Å². The molecule has 4 rings (SSSR count). The molecule has 4 aromatic rings. The summed E-state index contributed by atoms with van der Waals surface area (Å²) < 4.78 is 0. The fraction of sp³-hybridized carbons (Fsp3) is 0.290. The van der Waals surface area contributed by atoms with E-state index in [9.17, 15) is 9.90 Å². The Bertz CT molecular complexity index is 1320. The highest BCUT2D eigenvalue weighted by Gasteiger charge is 2.23. The van der Waals surface area contributed by atoms with Crippen molar-refractivity contribution in [1.29, 1.82) is 0 Å². The molecule has 1 heterocycles. The first-order valence-electron chi connectivity index (χ1n) is 12.4. The molecule has 0 atom stereocenters. The van der Waals surface area contributed by atoms with Crippen molar-refractivity contribution in [2.45, 2.75) is 27.2 Å². The Morgan fingerprint density at radius 1 is 0.811 bits per heavy atom. The number of aromatic amines is 1. The van der Waals surface area contributed by atoms with Crippen LogP contribution < -0.4 is 9.80 Å². The SMILES string of the molecule is CN(C)c1ccc(-c2nc(-c3ccc(O)c(CC(=O)C(C)(C)C)c3)[nH]c2-c2ccc(N(C)C)cc2)cc1. The van der Waals surface area contributed by atoms with Gasteiger partial charge in [0.2, 0.25) is 0 Å². The molecule has 0 fully saturated rings. The lowest BCUT2D eigenvalue weighted by atomic mass is 9.86. The minimum Gasteiger partial charge on any atom is -0.508 e. The van der Waals surface area contributed by atoms with Crippen LogP contribution in [0.4, 0.5) is 11.4 Å². The molecule has 1 aromatic heterocycles. The van der Waals surface area contributed by atoms with Crippen LogP contribution in [-0.4, -0.2) is 49.0 Å². The molecule has 0 aliphatic heterocycles. The molecule has 0 saturated carbocycles. The number of nitrogens with one attached hydrogen (secondary N) is 1. The van der Waals surface area contributed by atoms with Gasteiger partial charge in [-0.3, -0.25) is 4.79 Å². The molecule has 0 radical (unpaired) electrons. The van der Waals surface area contributed by atoms with E-state index in [2.05, 4.69) is 63.3 Å². The minimum absolute atomic E-state index is 0.0720. The third-order valence-electron chi connectivity index (χ3n) is 6.57. The lowest BCUT2D eigenvalue weighted by molar-refractivity contribution is -0.125. The number of carbonyl (C=O) groups is 1. The Morgan fingerprint density at radius 3 is 1.84 bits per heavy atom. The van der Waals surface area contributed by atoms with Crippen LogP contribution in [0, 0.1) is 5.41 Å². The van der Waals surface area contributed by atoms with Crippen LogP contribution in [0.2, 0.25) is 0 Å². The Hall–Kier alpha value is -4.06. The quantitative estimate of drug-likeness (QED) is 0.309. The maximum Gasteiger partial charge on any atom is 0.142 e. The van der Waals surface area contributed by atoms with Crippen LogP contribution in [0.1, 0.15) is 26.3 Å². The summed E-state index contributed by atoms with van der Waals surface area (Å²) in [5, 5.41) is 10.5. The molecule has 0 spiro atoms. The topological polar surface area (TPSA) is 72.5 Å². The van der Waals surface area contributed by atoms with Crippen molar-refractivity contribution >= 4 is 17.2 Å². The predicted octanol–water partition coefficient (Wildman–Crippen LogP) is 6.41. The number of Topliss-reactive ketones (excluding diaryl/α,β-unsaturated/α-hetero) is 1. The number of nitrogens with zero attached hydrogens (tertiary/aromatic N) is 3. The molecule has 192 valence electrons. The first-order chi connectivity index (χ1) is 17.4. The van der Waals surface area contributed by atoms with Gasteiger partial charge in [-0.05, 0) is 42.5 Å². The van der Waals surface area contributed by atoms with E-state index >= 15 is 0 Å². The number of phenols is 1. The largest absolute Gasteiger partial charge is 0.508 e. The lowest BCUT2D eigenvalue weighted by Gasteiger charge is -2.17. The first-order valence-corrected chi connectivity index (χ1v) is 12.4. The third kappa shape index (κ3) is 5.69. The highest BCUT2D eigenvalue weighted by molar-refractivity contribution is 5.87.